The third-order valence-corrected chi connectivity index (χ3v) is 4.87. The summed E-state index contributed by atoms with van der Waals surface area (Å²) >= 11 is 5.94. The maximum atomic E-state index is 12.4. The molecule has 2 rings (SSSR count). The van der Waals surface area contributed by atoms with Crippen LogP contribution in [0.15, 0.2) is 47.6 Å². The van der Waals surface area contributed by atoms with E-state index in [0.717, 1.165) is 4.31 Å². The summed E-state index contributed by atoms with van der Waals surface area (Å²) in [6, 6.07) is 7.60. The highest BCUT2D eigenvalue weighted by Crippen LogP contribution is 2.28. The van der Waals surface area contributed by atoms with Gasteiger partial charge in [-0.25, -0.2) is 8.42 Å². The van der Waals surface area contributed by atoms with Crippen LogP contribution in [0.3, 0.4) is 0 Å². The lowest BCUT2D eigenvalue weighted by atomic mass is 10.3. The lowest BCUT2D eigenvalue weighted by Gasteiger charge is -2.19. The SMILES string of the molecule is CN(c1cccnc1)S(=O)(=O)c1ccc(N)cc1Cl. The van der Waals surface area contributed by atoms with Crippen LogP contribution in [-0.2, 0) is 10.0 Å². The van der Waals surface area contributed by atoms with Crippen LogP contribution in [0.4, 0.5) is 11.4 Å². The van der Waals surface area contributed by atoms with Crippen molar-refractivity contribution in [3.63, 3.8) is 0 Å². The number of hydrogen-bond donors (Lipinski definition) is 1. The van der Waals surface area contributed by atoms with Gasteiger partial charge in [0.2, 0.25) is 0 Å². The summed E-state index contributed by atoms with van der Waals surface area (Å²) in [6.45, 7) is 0. The molecule has 0 spiro atoms. The van der Waals surface area contributed by atoms with Gasteiger partial charge in [-0.05, 0) is 30.3 Å². The normalized spacial score (nSPS) is 11.3. The van der Waals surface area contributed by atoms with Crippen molar-refractivity contribution >= 4 is 33.0 Å². The number of nitrogens with zero attached hydrogens (tertiary/aromatic N) is 2. The molecule has 0 bridgehead atoms. The smallest absolute Gasteiger partial charge is 0.265 e. The number of aromatic nitrogens is 1. The third-order valence-electron chi connectivity index (χ3n) is 2.60. The monoisotopic (exact) mass is 297 g/mol. The van der Waals surface area contributed by atoms with Crippen LogP contribution in [0.5, 0.6) is 0 Å². The quantitative estimate of drug-likeness (QED) is 0.881. The van der Waals surface area contributed by atoms with E-state index in [-0.39, 0.29) is 9.92 Å². The molecule has 2 N–H and O–H groups in total. The van der Waals surface area contributed by atoms with Crippen molar-refractivity contribution in [3.05, 3.63) is 47.7 Å². The average Bonchev–Trinajstić information content (AvgIpc) is 2.38. The second-order valence-electron chi connectivity index (χ2n) is 3.87. The fraction of sp³-hybridized carbons (Fsp3) is 0.0833. The molecule has 1 aromatic heterocycles. The predicted octanol–water partition coefficient (Wildman–Crippen LogP) is 2.14. The van der Waals surface area contributed by atoms with Gasteiger partial charge in [0, 0.05) is 18.9 Å². The molecule has 100 valence electrons. The summed E-state index contributed by atoms with van der Waals surface area (Å²) in [4.78, 5) is 3.90. The van der Waals surface area contributed by atoms with E-state index in [0.29, 0.717) is 11.4 Å². The lowest BCUT2D eigenvalue weighted by Crippen LogP contribution is -2.26. The largest absolute Gasteiger partial charge is 0.399 e. The summed E-state index contributed by atoms with van der Waals surface area (Å²) in [5.74, 6) is 0. The summed E-state index contributed by atoms with van der Waals surface area (Å²) in [5.41, 5.74) is 6.42. The van der Waals surface area contributed by atoms with Crippen LogP contribution >= 0.6 is 11.6 Å². The Balaban J connectivity index is 2.48. The number of hydrogen-bond acceptors (Lipinski definition) is 4. The predicted molar refractivity (Wildman–Crippen MR) is 75.7 cm³/mol. The van der Waals surface area contributed by atoms with Gasteiger partial charge >= 0.3 is 0 Å². The van der Waals surface area contributed by atoms with Crippen molar-refractivity contribution in [2.45, 2.75) is 4.90 Å². The number of benzene rings is 1. The molecule has 5 nitrogen and oxygen atoms in total. The fourth-order valence-electron chi connectivity index (χ4n) is 1.55. The molecule has 7 heteroatoms. The standard InChI is InChI=1S/C12H12ClN3O2S/c1-16(10-3-2-6-15-8-10)19(17,18)12-5-4-9(14)7-11(12)13/h2-8H,14H2,1H3. The number of sulfonamides is 1. The summed E-state index contributed by atoms with van der Waals surface area (Å²) in [7, 11) is -2.29. The molecule has 0 radical (unpaired) electrons. The van der Waals surface area contributed by atoms with Crippen molar-refractivity contribution in [2.75, 3.05) is 17.1 Å². The summed E-state index contributed by atoms with van der Waals surface area (Å²) < 4.78 is 26.0. The van der Waals surface area contributed by atoms with Gasteiger partial charge in [-0.1, -0.05) is 11.6 Å². The molecular weight excluding hydrogens is 286 g/mol. The Hall–Kier alpha value is -1.79. The Kier molecular flexibility index (Phi) is 3.64. The Morgan fingerprint density at radius 1 is 1.32 bits per heavy atom. The van der Waals surface area contributed by atoms with Crippen LogP contribution in [-0.4, -0.2) is 20.4 Å². The van der Waals surface area contributed by atoms with Crippen molar-refractivity contribution < 1.29 is 8.42 Å². The zero-order valence-corrected chi connectivity index (χ0v) is 11.7. The van der Waals surface area contributed by atoms with Crippen molar-refractivity contribution in [3.8, 4) is 0 Å². The van der Waals surface area contributed by atoms with Crippen molar-refractivity contribution in [2.24, 2.45) is 0 Å². The maximum absolute atomic E-state index is 12.4. The zero-order chi connectivity index (χ0) is 14.0. The summed E-state index contributed by atoms with van der Waals surface area (Å²) in [5, 5.41) is 0.0933. The first-order valence-corrected chi connectivity index (χ1v) is 7.18. The molecule has 0 fully saturated rings. The second kappa shape index (κ2) is 5.07. The number of nitrogens with two attached hydrogens (primary N) is 1. The zero-order valence-electron chi connectivity index (χ0n) is 10.1. The van der Waals surface area contributed by atoms with Gasteiger partial charge in [0.15, 0.2) is 0 Å². The molecule has 0 amide bonds. The topological polar surface area (TPSA) is 76.3 Å². The van der Waals surface area contributed by atoms with Gasteiger partial charge in [0.05, 0.1) is 16.9 Å². The number of nitrogen functional groups attached to an aromatic ring is 1. The highest BCUT2D eigenvalue weighted by molar-refractivity contribution is 7.93. The van der Waals surface area contributed by atoms with E-state index in [1.165, 1.54) is 31.4 Å². The minimum Gasteiger partial charge on any atom is -0.399 e. The summed E-state index contributed by atoms with van der Waals surface area (Å²) in [6.07, 6.45) is 3.03. The lowest BCUT2D eigenvalue weighted by molar-refractivity contribution is 0.594. The minimum absolute atomic E-state index is 0.00900. The van der Waals surface area contributed by atoms with Gasteiger partial charge in [-0.15, -0.1) is 0 Å². The fourth-order valence-corrected chi connectivity index (χ4v) is 3.26. The molecule has 0 unspecified atom stereocenters. The molecule has 19 heavy (non-hydrogen) atoms. The Morgan fingerprint density at radius 2 is 2.05 bits per heavy atom. The molecule has 0 atom stereocenters. The Morgan fingerprint density at radius 3 is 2.63 bits per heavy atom. The van der Waals surface area contributed by atoms with E-state index in [1.807, 2.05) is 0 Å². The molecule has 1 aromatic carbocycles. The van der Waals surface area contributed by atoms with E-state index < -0.39 is 10.0 Å². The van der Waals surface area contributed by atoms with Crippen molar-refractivity contribution in [1.29, 1.82) is 0 Å². The highest BCUT2D eigenvalue weighted by atomic mass is 35.5. The average molecular weight is 298 g/mol. The molecule has 0 saturated carbocycles. The first kappa shape index (κ1) is 13.6. The number of anilines is 2. The highest BCUT2D eigenvalue weighted by Gasteiger charge is 2.24. The molecule has 1 heterocycles. The molecule has 0 aliphatic carbocycles. The van der Waals surface area contributed by atoms with Crippen LogP contribution < -0.4 is 10.0 Å². The van der Waals surface area contributed by atoms with Crippen LogP contribution in [0.1, 0.15) is 0 Å². The molecule has 0 aliphatic heterocycles. The number of rotatable bonds is 3. The van der Waals surface area contributed by atoms with E-state index >= 15 is 0 Å². The molecular formula is C12H12ClN3O2S. The second-order valence-corrected chi connectivity index (χ2v) is 6.22. The van der Waals surface area contributed by atoms with Gasteiger partial charge in [-0.3, -0.25) is 9.29 Å². The molecule has 2 aromatic rings. The number of pyridine rings is 1. The van der Waals surface area contributed by atoms with Gasteiger partial charge in [0.25, 0.3) is 10.0 Å². The molecule has 0 saturated heterocycles. The maximum Gasteiger partial charge on any atom is 0.265 e. The molecule has 0 aliphatic rings. The van der Waals surface area contributed by atoms with E-state index in [9.17, 15) is 8.42 Å². The number of halogens is 1. The Bertz CT molecular complexity index is 689. The van der Waals surface area contributed by atoms with Gasteiger partial charge in [0.1, 0.15) is 4.90 Å². The van der Waals surface area contributed by atoms with E-state index in [4.69, 9.17) is 17.3 Å². The van der Waals surface area contributed by atoms with Crippen LogP contribution in [0.2, 0.25) is 5.02 Å². The van der Waals surface area contributed by atoms with Crippen LogP contribution in [0.25, 0.3) is 0 Å². The van der Waals surface area contributed by atoms with E-state index in [2.05, 4.69) is 4.98 Å². The first-order chi connectivity index (χ1) is 8.93. The van der Waals surface area contributed by atoms with Gasteiger partial charge < -0.3 is 5.73 Å². The van der Waals surface area contributed by atoms with Gasteiger partial charge in [-0.2, -0.15) is 0 Å². The van der Waals surface area contributed by atoms with Crippen LogP contribution in [0, 0.1) is 0 Å². The van der Waals surface area contributed by atoms with E-state index in [1.54, 1.807) is 18.3 Å². The first-order valence-electron chi connectivity index (χ1n) is 5.37. The third kappa shape index (κ3) is 2.64. The Labute approximate surface area is 116 Å². The minimum atomic E-state index is -3.73. The van der Waals surface area contributed by atoms with Crippen molar-refractivity contribution in [1.82, 2.24) is 4.98 Å².